The summed E-state index contributed by atoms with van der Waals surface area (Å²) in [5.74, 6) is -0.595. The zero-order chi connectivity index (χ0) is 20.1. The minimum absolute atomic E-state index is 0.0182. The molecular formula is C21H23ClFN3O2. The van der Waals surface area contributed by atoms with E-state index in [2.05, 4.69) is 10.6 Å². The summed E-state index contributed by atoms with van der Waals surface area (Å²) in [5, 5.41) is 6.30. The average Bonchev–Trinajstić information content (AvgIpc) is 2.67. The molecule has 0 saturated carbocycles. The van der Waals surface area contributed by atoms with Crippen LogP contribution < -0.4 is 10.6 Å². The number of aryl methyl sites for hydroxylation is 1. The number of amides is 2. The zero-order valence-corrected chi connectivity index (χ0v) is 16.4. The highest BCUT2D eigenvalue weighted by Crippen LogP contribution is 2.23. The molecule has 2 aromatic rings. The second kappa shape index (κ2) is 9.17. The average molecular weight is 404 g/mol. The van der Waals surface area contributed by atoms with Crippen LogP contribution in [0, 0.1) is 18.7 Å². The molecule has 0 aliphatic carbocycles. The maximum absolute atomic E-state index is 12.9. The molecule has 0 radical (unpaired) electrons. The number of hydrogen-bond donors (Lipinski definition) is 2. The molecule has 7 heteroatoms. The Morgan fingerprint density at radius 3 is 2.36 bits per heavy atom. The monoisotopic (exact) mass is 403 g/mol. The quantitative estimate of drug-likeness (QED) is 0.790. The highest BCUT2D eigenvalue weighted by Gasteiger charge is 2.26. The number of piperidine rings is 1. The molecule has 2 aromatic carbocycles. The number of likely N-dealkylation sites (tertiary alicyclic amines) is 1. The van der Waals surface area contributed by atoms with E-state index in [0.717, 1.165) is 5.56 Å². The molecule has 0 unspecified atom stereocenters. The Morgan fingerprint density at radius 2 is 1.71 bits per heavy atom. The van der Waals surface area contributed by atoms with E-state index in [1.165, 1.54) is 24.3 Å². The van der Waals surface area contributed by atoms with E-state index in [4.69, 9.17) is 11.6 Å². The van der Waals surface area contributed by atoms with Gasteiger partial charge in [-0.05, 0) is 74.8 Å². The van der Waals surface area contributed by atoms with Crippen molar-refractivity contribution >= 4 is 34.8 Å². The summed E-state index contributed by atoms with van der Waals surface area (Å²) in [5.41, 5.74) is 2.23. The fraction of sp³-hybridized carbons (Fsp3) is 0.333. The molecule has 1 fully saturated rings. The van der Waals surface area contributed by atoms with Gasteiger partial charge in [-0.25, -0.2) is 4.39 Å². The molecule has 0 aromatic heterocycles. The van der Waals surface area contributed by atoms with Crippen LogP contribution in [0.2, 0.25) is 5.02 Å². The van der Waals surface area contributed by atoms with Crippen LogP contribution in [0.25, 0.3) is 0 Å². The Kier molecular flexibility index (Phi) is 6.65. The third-order valence-electron chi connectivity index (χ3n) is 4.89. The van der Waals surface area contributed by atoms with Crippen molar-refractivity contribution < 1.29 is 14.0 Å². The number of halogens is 2. The van der Waals surface area contributed by atoms with Crippen molar-refractivity contribution in [2.75, 3.05) is 30.3 Å². The molecule has 0 atom stereocenters. The van der Waals surface area contributed by atoms with Gasteiger partial charge in [-0.3, -0.25) is 14.5 Å². The maximum Gasteiger partial charge on any atom is 0.238 e. The molecule has 28 heavy (non-hydrogen) atoms. The molecule has 2 N–H and O–H groups in total. The van der Waals surface area contributed by atoms with Crippen molar-refractivity contribution in [1.29, 1.82) is 0 Å². The fourth-order valence-electron chi connectivity index (χ4n) is 3.21. The molecule has 1 aliphatic heterocycles. The topological polar surface area (TPSA) is 61.4 Å². The maximum atomic E-state index is 12.9. The van der Waals surface area contributed by atoms with Crippen molar-refractivity contribution in [1.82, 2.24) is 4.90 Å². The van der Waals surface area contributed by atoms with Crippen molar-refractivity contribution in [2.45, 2.75) is 19.8 Å². The van der Waals surface area contributed by atoms with E-state index in [9.17, 15) is 14.0 Å². The normalized spacial score (nSPS) is 15.2. The van der Waals surface area contributed by atoms with Gasteiger partial charge in [0.05, 0.1) is 6.54 Å². The lowest BCUT2D eigenvalue weighted by Crippen LogP contribution is -2.41. The first-order valence-electron chi connectivity index (χ1n) is 9.25. The number of rotatable bonds is 5. The molecule has 5 nitrogen and oxygen atoms in total. The van der Waals surface area contributed by atoms with Gasteiger partial charge in [0.2, 0.25) is 11.8 Å². The van der Waals surface area contributed by atoms with Crippen LogP contribution in [-0.4, -0.2) is 36.3 Å². The van der Waals surface area contributed by atoms with E-state index in [1.807, 2.05) is 24.0 Å². The lowest BCUT2D eigenvalue weighted by atomic mass is 9.95. The first-order valence-corrected chi connectivity index (χ1v) is 9.63. The fourth-order valence-corrected chi connectivity index (χ4v) is 3.39. The molecule has 3 rings (SSSR count). The number of benzene rings is 2. The van der Waals surface area contributed by atoms with E-state index in [-0.39, 0.29) is 30.1 Å². The SMILES string of the molecule is Cc1ccc(NC(=O)C2CCN(CC(=O)Nc3ccc(F)cc3)CC2)cc1Cl. The van der Waals surface area contributed by atoms with Gasteiger partial charge >= 0.3 is 0 Å². The molecule has 1 aliphatic rings. The van der Waals surface area contributed by atoms with Crippen LogP contribution in [0.15, 0.2) is 42.5 Å². The first kappa shape index (κ1) is 20.3. The summed E-state index contributed by atoms with van der Waals surface area (Å²) in [6.07, 6.45) is 1.38. The number of anilines is 2. The molecule has 148 valence electrons. The molecule has 0 spiro atoms. The van der Waals surface area contributed by atoms with Gasteiger partial charge in [-0.1, -0.05) is 17.7 Å². The van der Waals surface area contributed by atoms with Crippen molar-refractivity contribution in [2.24, 2.45) is 5.92 Å². The first-order chi connectivity index (χ1) is 13.4. The Hall–Kier alpha value is -2.44. The van der Waals surface area contributed by atoms with E-state index in [0.29, 0.717) is 42.3 Å². The van der Waals surface area contributed by atoms with Crippen LogP contribution >= 0.6 is 11.6 Å². The number of nitrogens with one attached hydrogen (secondary N) is 2. The summed E-state index contributed by atoms with van der Waals surface area (Å²) in [4.78, 5) is 26.6. The lowest BCUT2D eigenvalue weighted by molar-refractivity contribution is -0.121. The van der Waals surface area contributed by atoms with Gasteiger partial charge in [0.25, 0.3) is 0 Å². The number of hydrogen-bond acceptors (Lipinski definition) is 3. The number of nitrogens with zero attached hydrogens (tertiary/aromatic N) is 1. The highest BCUT2D eigenvalue weighted by molar-refractivity contribution is 6.31. The van der Waals surface area contributed by atoms with Gasteiger partial charge < -0.3 is 10.6 Å². The molecule has 1 saturated heterocycles. The lowest BCUT2D eigenvalue weighted by Gasteiger charge is -2.30. The summed E-state index contributed by atoms with van der Waals surface area (Å²) < 4.78 is 12.9. The largest absolute Gasteiger partial charge is 0.326 e. The van der Waals surface area contributed by atoms with Gasteiger partial charge in [-0.2, -0.15) is 0 Å². The van der Waals surface area contributed by atoms with Crippen molar-refractivity contribution in [3.05, 3.63) is 58.9 Å². The highest BCUT2D eigenvalue weighted by atomic mass is 35.5. The minimum atomic E-state index is -0.341. The number of carbonyl (C=O) groups is 2. The van der Waals surface area contributed by atoms with E-state index >= 15 is 0 Å². The Balaban J connectivity index is 1.44. The van der Waals surface area contributed by atoms with Crippen LogP contribution in [0.4, 0.5) is 15.8 Å². The Bertz CT molecular complexity index is 849. The minimum Gasteiger partial charge on any atom is -0.326 e. The predicted molar refractivity (Wildman–Crippen MR) is 109 cm³/mol. The summed E-state index contributed by atoms with van der Waals surface area (Å²) >= 11 is 6.10. The van der Waals surface area contributed by atoms with Crippen LogP contribution in [-0.2, 0) is 9.59 Å². The summed E-state index contributed by atoms with van der Waals surface area (Å²) in [7, 11) is 0. The van der Waals surface area contributed by atoms with Crippen LogP contribution in [0.3, 0.4) is 0 Å². The van der Waals surface area contributed by atoms with Gasteiger partial charge in [-0.15, -0.1) is 0 Å². The van der Waals surface area contributed by atoms with E-state index in [1.54, 1.807) is 6.07 Å². The van der Waals surface area contributed by atoms with Gasteiger partial charge in [0, 0.05) is 22.3 Å². The number of carbonyl (C=O) groups excluding carboxylic acids is 2. The Labute approximate surface area is 168 Å². The van der Waals surface area contributed by atoms with Gasteiger partial charge in [0.1, 0.15) is 5.82 Å². The smallest absolute Gasteiger partial charge is 0.238 e. The molecule has 0 bridgehead atoms. The summed E-state index contributed by atoms with van der Waals surface area (Å²) in [6.45, 7) is 3.50. The Morgan fingerprint density at radius 1 is 1.07 bits per heavy atom. The van der Waals surface area contributed by atoms with Crippen LogP contribution in [0.1, 0.15) is 18.4 Å². The molecule has 2 amide bonds. The molecule has 1 heterocycles. The van der Waals surface area contributed by atoms with Crippen LogP contribution in [0.5, 0.6) is 0 Å². The molecular weight excluding hydrogens is 381 g/mol. The third kappa shape index (κ3) is 5.53. The zero-order valence-electron chi connectivity index (χ0n) is 15.7. The second-order valence-corrected chi connectivity index (χ2v) is 7.47. The van der Waals surface area contributed by atoms with E-state index < -0.39 is 0 Å². The second-order valence-electron chi connectivity index (χ2n) is 7.06. The van der Waals surface area contributed by atoms with Crippen molar-refractivity contribution in [3.63, 3.8) is 0 Å². The predicted octanol–water partition coefficient (Wildman–Crippen LogP) is 4.08. The standard InChI is InChI=1S/C21H23ClFN3O2/c1-14-2-5-18(12-19(14)22)25-21(28)15-8-10-26(11-9-15)13-20(27)24-17-6-3-16(23)4-7-17/h2-7,12,15H,8-11,13H2,1H3,(H,24,27)(H,25,28). The third-order valence-corrected chi connectivity index (χ3v) is 5.30. The van der Waals surface area contributed by atoms with Crippen molar-refractivity contribution in [3.8, 4) is 0 Å². The summed E-state index contributed by atoms with van der Waals surface area (Å²) in [6, 6.07) is 11.1. The van der Waals surface area contributed by atoms with Gasteiger partial charge in [0.15, 0.2) is 0 Å².